The molecule has 0 aliphatic heterocycles. The quantitative estimate of drug-likeness (QED) is 0.507. The Kier molecular flexibility index (Phi) is 5.72. The molecule has 0 fully saturated rings. The van der Waals surface area contributed by atoms with Crippen molar-refractivity contribution in [2.24, 2.45) is 5.41 Å². The minimum Gasteiger partial charge on any atom is -0.326 e. The molecule has 1 atom stereocenters. The van der Waals surface area contributed by atoms with E-state index in [-0.39, 0.29) is 16.9 Å². The second kappa shape index (κ2) is 7.57. The number of hydrogen-bond acceptors (Lipinski definition) is 5. The van der Waals surface area contributed by atoms with Gasteiger partial charge in [-0.15, -0.1) is 0 Å². The number of anilines is 1. The maximum atomic E-state index is 12.5. The number of carbonyl (C=O) groups excluding carboxylic acids is 2. The van der Waals surface area contributed by atoms with Crippen LogP contribution in [0.3, 0.4) is 0 Å². The minimum atomic E-state index is -0.463. The molecule has 0 saturated carbocycles. The Hall–Kier alpha value is -2.21. The molecule has 2 rings (SSSR count). The first kappa shape index (κ1) is 18.1. The molecule has 0 radical (unpaired) electrons. The average molecular weight is 343 g/mol. The fraction of sp³-hybridized carbons (Fsp3) is 0.333. The van der Waals surface area contributed by atoms with Crippen LogP contribution in [0.4, 0.5) is 5.69 Å². The maximum absolute atomic E-state index is 12.5. The summed E-state index contributed by atoms with van der Waals surface area (Å²) in [7, 11) is 0. The van der Waals surface area contributed by atoms with Gasteiger partial charge in [0.25, 0.3) is 0 Å². The largest absolute Gasteiger partial charge is 0.326 e. The predicted octanol–water partition coefficient (Wildman–Crippen LogP) is 3.82. The fourth-order valence-corrected chi connectivity index (χ4v) is 2.63. The molecular formula is C18H21N3O2S. The maximum Gasteiger partial charge on any atom is 0.229 e. The third-order valence-corrected chi connectivity index (χ3v) is 4.29. The monoisotopic (exact) mass is 343 g/mol. The molecule has 0 aliphatic carbocycles. The van der Waals surface area contributed by atoms with Crippen LogP contribution in [0.25, 0.3) is 0 Å². The summed E-state index contributed by atoms with van der Waals surface area (Å²) < 4.78 is 0. The van der Waals surface area contributed by atoms with Gasteiger partial charge in [-0.2, -0.15) is 0 Å². The Labute approximate surface area is 146 Å². The van der Waals surface area contributed by atoms with E-state index < -0.39 is 5.41 Å². The first-order chi connectivity index (χ1) is 11.3. The topological polar surface area (TPSA) is 72.0 Å². The van der Waals surface area contributed by atoms with Gasteiger partial charge in [0.2, 0.25) is 5.91 Å². The molecule has 0 saturated heterocycles. The molecule has 2 aromatic rings. The highest BCUT2D eigenvalue weighted by atomic mass is 32.2. The van der Waals surface area contributed by atoms with Crippen molar-refractivity contribution >= 4 is 29.1 Å². The van der Waals surface area contributed by atoms with Crippen molar-refractivity contribution in [1.82, 2.24) is 9.97 Å². The number of ketones is 1. The van der Waals surface area contributed by atoms with Crippen LogP contribution in [0.15, 0.2) is 47.9 Å². The van der Waals surface area contributed by atoms with Crippen molar-refractivity contribution < 1.29 is 9.59 Å². The van der Waals surface area contributed by atoms with Crippen LogP contribution < -0.4 is 5.32 Å². The zero-order chi connectivity index (χ0) is 17.7. The van der Waals surface area contributed by atoms with E-state index in [4.69, 9.17) is 0 Å². The number of nitrogens with zero attached hydrogens (tertiary/aromatic N) is 2. The van der Waals surface area contributed by atoms with Crippen molar-refractivity contribution in [3.63, 3.8) is 0 Å². The number of carbonyl (C=O) groups is 2. The van der Waals surface area contributed by atoms with E-state index in [0.29, 0.717) is 16.4 Å². The molecule has 1 N–H and O–H groups in total. The third-order valence-electron chi connectivity index (χ3n) is 3.30. The van der Waals surface area contributed by atoms with E-state index in [1.165, 1.54) is 11.8 Å². The summed E-state index contributed by atoms with van der Waals surface area (Å²) in [6, 6.07) is 8.68. The fourth-order valence-electron chi connectivity index (χ4n) is 1.83. The molecule has 5 nitrogen and oxygen atoms in total. The SMILES string of the molecule is C[C@@H](Sc1ncccn1)C(=O)c1ccc(NC(=O)C(C)(C)C)cc1. The predicted molar refractivity (Wildman–Crippen MR) is 96.2 cm³/mol. The normalized spacial score (nSPS) is 12.5. The van der Waals surface area contributed by atoms with Crippen LogP contribution in [-0.4, -0.2) is 26.9 Å². The summed E-state index contributed by atoms with van der Waals surface area (Å²) in [6.07, 6.45) is 3.30. The summed E-state index contributed by atoms with van der Waals surface area (Å²) in [5.41, 5.74) is 0.813. The van der Waals surface area contributed by atoms with Gasteiger partial charge in [-0.05, 0) is 37.3 Å². The van der Waals surface area contributed by atoms with Gasteiger partial charge in [0.1, 0.15) is 0 Å². The summed E-state index contributed by atoms with van der Waals surface area (Å²) >= 11 is 1.32. The molecule has 1 aromatic carbocycles. The Morgan fingerprint density at radius 3 is 2.21 bits per heavy atom. The third kappa shape index (κ3) is 4.89. The first-order valence-corrected chi connectivity index (χ1v) is 8.55. The van der Waals surface area contributed by atoms with Crippen LogP contribution in [-0.2, 0) is 4.79 Å². The molecular weight excluding hydrogens is 322 g/mol. The Morgan fingerprint density at radius 2 is 1.67 bits per heavy atom. The van der Waals surface area contributed by atoms with Crippen LogP contribution in [0.5, 0.6) is 0 Å². The van der Waals surface area contributed by atoms with E-state index in [9.17, 15) is 9.59 Å². The number of benzene rings is 1. The number of nitrogens with one attached hydrogen (secondary N) is 1. The van der Waals surface area contributed by atoms with Crippen LogP contribution in [0.2, 0.25) is 0 Å². The van der Waals surface area contributed by atoms with Gasteiger partial charge < -0.3 is 5.32 Å². The van der Waals surface area contributed by atoms with Crippen molar-refractivity contribution in [2.45, 2.75) is 38.1 Å². The molecule has 126 valence electrons. The number of amides is 1. The van der Waals surface area contributed by atoms with Crippen LogP contribution >= 0.6 is 11.8 Å². The number of hydrogen-bond donors (Lipinski definition) is 1. The zero-order valence-corrected chi connectivity index (χ0v) is 15.1. The molecule has 24 heavy (non-hydrogen) atoms. The number of Topliss-reactive ketones (excluding diaryl/α,β-unsaturated/α-hetero) is 1. The van der Waals surface area contributed by atoms with Gasteiger partial charge in [-0.1, -0.05) is 32.5 Å². The van der Waals surface area contributed by atoms with E-state index in [2.05, 4.69) is 15.3 Å². The summed E-state index contributed by atoms with van der Waals surface area (Å²) in [5, 5.41) is 3.13. The number of rotatable bonds is 5. The van der Waals surface area contributed by atoms with Crippen molar-refractivity contribution in [3.05, 3.63) is 48.3 Å². The van der Waals surface area contributed by atoms with Gasteiger partial charge in [-0.3, -0.25) is 9.59 Å². The Balaban J connectivity index is 2.02. The Bertz CT molecular complexity index is 709. The molecule has 0 aliphatic rings. The van der Waals surface area contributed by atoms with Gasteiger partial charge in [-0.25, -0.2) is 9.97 Å². The lowest BCUT2D eigenvalue weighted by Crippen LogP contribution is -2.27. The van der Waals surface area contributed by atoms with Gasteiger partial charge in [0.15, 0.2) is 10.9 Å². The van der Waals surface area contributed by atoms with Crippen molar-refractivity contribution in [3.8, 4) is 0 Å². The minimum absolute atomic E-state index is 0.00107. The number of thioether (sulfide) groups is 1. The highest BCUT2D eigenvalue weighted by molar-refractivity contribution is 8.00. The summed E-state index contributed by atoms with van der Waals surface area (Å²) in [6.45, 7) is 7.39. The molecule has 6 heteroatoms. The van der Waals surface area contributed by atoms with Crippen molar-refractivity contribution in [1.29, 1.82) is 0 Å². The number of aromatic nitrogens is 2. The average Bonchev–Trinajstić information content (AvgIpc) is 2.55. The van der Waals surface area contributed by atoms with Gasteiger partial charge >= 0.3 is 0 Å². The highest BCUT2D eigenvalue weighted by Gasteiger charge is 2.21. The molecule has 1 amide bonds. The highest BCUT2D eigenvalue weighted by Crippen LogP contribution is 2.23. The lowest BCUT2D eigenvalue weighted by atomic mass is 9.95. The van der Waals surface area contributed by atoms with E-state index in [1.807, 2.05) is 27.7 Å². The second-order valence-electron chi connectivity index (χ2n) is 6.44. The summed E-state index contributed by atoms with van der Waals surface area (Å²) in [4.78, 5) is 32.7. The van der Waals surface area contributed by atoms with Crippen molar-refractivity contribution in [2.75, 3.05) is 5.32 Å². The van der Waals surface area contributed by atoms with Crippen LogP contribution in [0.1, 0.15) is 38.1 Å². The van der Waals surface area contributed by atoms with Gasteiger partial charge in [0.05, 0.1) is 5.25 Å². The molecule has 0 spiro atoms. The molecule has 1 aromatic heterocycles. The van der Waals surface area contributed by atoms with E-state index in [0.717, 1.165) is 0 Å². The second-order valence-corrected chi connectivity index (χ2v) is 7.75. The summed E-state index contributed by atoms with van der Waals surface area (Å²) in [5.74, 6) is -0.0622. The van der Waals surface area contributed by atoms with E-state index in [1.54, 1.807) is 42.7 Å². The standard InChI is InChI=1S/C18H21N3O2S/c1-12(24-17-19-10-5-11-20-17)15(22)13-6-8-14(9-7-13)21-16(23)18(2,3)4/h5-12H,1-4H3,(H,21,23)/t12-/m1/s1. The molecule has 0 bridgehead atoms. The lowest BCUT2D eigenvalue weighted by molar-refractivity contribution is -0.123. The Morgan fingerprint density at radius 1 is 1.08 bits per heavy atom. The molecule has 1 heterocycles. The van der Waals surface area contributed by atoms with E-state index >= 15 is 0 Å². The smallest absolute Gasteiger partial charge is 0.229 e. The zero-order valence-electron chi connectivity index (χ0n) is 14.2. The lowest BCUT2D eigenvalue weighted by Gasteiger charge is -2.17. The molecule has 0 unspecified atom stereocenters. The van der Waals surface area contributed by atoms with Crippen LogP contribution in [0, 0.1) is 5.41 Å². The van der Waals surface area contributed by atoms with Gasteiger partial charge in [0, 0.05) is 29.1 Å². The first-order valence-electron chi connectivity index (χ1n) is 7.67.